The number of hydrogen-bond acceptors (Lipinski definition) is 5. The van der Waals surface area contributed by atoms with Crippen molar-refractivity contribution in [2.24, 2.45) is 5.16 Å². The number of amides is 1. The van der Waals surface area contributed by atoms with Crippen molar-refractivity contribution >= 4 is 52.3 Å². The fraction of sp³-hybridized carbons (Fsp3) is 0.150. The van der Waals surface area contributed by atoms with Gasteiger partial charge in [-0.1, -0.05) is 34.8 Å². The molecule has 1 aromatic carbocycles. The molecule has 0 bridgehead atoms. The molecule has 4 rings (SSSR count). The molecule has 0 spiro atoms. The van der Waals surface area contributed by atoms with E-state index in [0.29, 0.717) is 46.0 Å². The number of halogens is 3. The molecule has 0 saturated carbocycles. The molecule has 0 saturated heterocycles. The van der Waals surface area contributed by atoms with Crippen molar-refractivity contribution in [3.63, 3.8) is 0 Å². The molecule has 3 heterocycles. The van der Waals surface area contributed by atoms with Crippen LogP contribution in [0, 0.1) is 6.92 Å². The summed E-state index contributed by atoms with van der Waals surface area (Å²) in [5.41, 5.74) is 1.89. The molecule has 1 aliphatic rings. The fourth-order valence-electron chi connectivity index (χ4n) is 2.98. The summed E-state index contributed by atoms with van der Waals surface area (Å²) in [5, 5.41) is 7.73. The van der Waals surface area contributed by atoms with Crippen LogP contribution in [0.3, 0.4) is 0 Å². The van der Waals surface area contributed by atoms with Gasteiger partial charge < -0.3 is 14.9 Å². The van der Waals surface area contributed by atoms with E-state index in [1.807, 2.05) is 6.92 Å². The van der Waals surface area contributed by atoms with E-state index in [9.17, 15) is 4.79 Å². The van der Waals surface area contributed by atoms with E-state index in [1.54, 1.807) is 41.2 Å². The number of pyridine rings is 1. The Balaban J connectivity index is 1.74. The number of oxime groups is 1. The Kier molecular flexibility index (Phi) is 5.85. The Bertz CT molecular complexity index is 1160. The first-order valence-electron chi connectivity index (χ1n) is 8.87. The van der Waals surface area contributed by atoms with Crippen molar-refractivity contribution in [2.75, 3.05) is 18.5 Å². The summed E-state index contributed by atoms with van der Waals surface area (Å²) in [6, 6.07) is 8.26. The van der Waals surface area contributed by atoms with E-state index in [1.165, 1.54) is 6.07 Å². The number of carbonyl (C=O) groups is 1. The van der Waals surface area contributed by atoms with Gasteiger partial charge >= 0.3 is 0 Å². The zero-order valence-corrected chi connectivity index (χ0v) is 17.9. The number of benzene rings is 1. The van der Waals surface area contributed by atoms with Crippen molar-refractivity contribution in [3.05, 3.63) is 74.6 Å². The Morgan fingerprint density at radius 3 is 2.73 bits per heavy atom. The summed E-state index contributed by atoms with van der Waals surface area (Å²) < 4.78 is 7.16. The zero-order valence-electron chi connectivity index (χ0n) is 15.7. The van der Waals surface area contributed by atoms with Gasteiger partial charge in [-0.3, -0.25) is 9.36 Å². The maximum absolute atomic E-state index is 13.2. The first-order chi connectivity index (χ1) is 14.4. The van der Waals surface area contributed by atoms with Crippen LogP contribution in [0.4, 0.5) is 5.69 Å². The van der Waals surface area contributed by atoms with E-state index in [0.717, 1.165) is 5.56 Å². The third-order valence-corrected chi connectivity index (χ3v) is 5.05. The van der Waals surface area contributed by atoms with Crippen molar-refractivity contribution in [3.8, 4) is 5.82 Å². The summed E-state index contributed by atoms with van der Waals surface area (Å²) in [4.78, 5) is 22.6. The van der Waals surface area contributed by atoms with Gasteiger partial charge in [-0.25, -0.2) is 4.98 Å². The van der Waals surface area contributed by atoms with Crippen LogP contribution in [0.25, 0.3) is 5.82 Å². The third kappa shape index (κ3) is 4.09. The first-order valence-corrected chi connectivity index (χ1v) is 10.0. The van der Waals surface area contributed by atoms with Crippen LogP contribution in [0.2, 0.25) is 15.1 Å². The number of nitrogens with one attached hydrogen (secondary N) is 1. The highest BCUT2D eigenvalue weighted by molar-refractivity contribution is 6.38. The molecule has 0 radical (unpaired) electrons. The van der Waals surface area contributed by atoms with Gasteiger partial charge in [0, 0.05) is 17.4 Å². The second kappa shape index (κ2) is 8.55. The van der Waals surface area contributed by atoms with Crippen LogP contribution < -0.4 is 5.32 Å². The Hall–Kier alpha value is -2.74. The van der Waals surface area contributed by atoms with Crippen LogP contribution in [0.1, 0.15) is 21.6 Å². The number of aromatic nitrogens is 2. The maximum Gasteiger partial charge on any atom is 0.272 e. The lowest BCUT2D eigenvalue weighted by atomic mass is 10.1. The minimum absolute atomic E-state index is 0.181. The summed E-state index contributed by atoms with van der Waals surface area (Å²) in [6.45, 7) is 2.51. The van der Waals surface area contributed by atoms with E-state index < -0.39 is 5.91 Å². The number of aryl methyl sites for hydroxylation is 1. The first kappa shape index (κ1) is 20.5. The minimum Gasteiger partial charge on any atom is -0.471 e. The maximum atomic E-state index is 13.2. The summed E-state index contributed by atoms with van der Waals surface area (Å²) >= 11 is 18.8. The van der Waals surface area contributed by atoms with Crippen molar-refractivity contribution in [2.45, 2.75) is 6.92 Å². The largest absolute Gasteiger partial charge is 0.471 e. The van der Waals surface area contributed by atoms with Gasteiger partial charge in [-0.05, 0) is 48.0 Å². The fourth-order valence-corrected chi connectivity index (χ4v) is 3.73. The van der Waals surface area contributed by atoms with Crippen LogP contribution >= 0.6 is 34.8 Å². The lowest BCUT2D eigenvalue weighted by molar-refractivity contribution is 0.0656. The van der Waals surface area contributed by atoms with Gasteiger partial charge in [0.1, 0.15) is 12.3 Å². The van der Waals surface area contributed by atoms with Gasteiger partial charge in [0.15, 0.2) is 12.4 Å². The molecule has 30 heavy (non-hydrogen) atoms. The standard InChI is InChI=1S/C20H15Cl3N4O3/c1-11-7-16(27(10-11)18-14(22)3-2-4-24-18)19(28)25-17-13(8-12(21)9-15(17)23)20-26-30-6-5-29-20/h2-4,7-10H,5-6H2,1H3,(H,25,28). The molecule has 0 aliphatic carbocycles. The predicted molar refractivity (Wildman–Crippen MR) is 116 cm³/mol. The van der Waals surface area contributed by atoms with Gasteiger partial charge in [0.05, 0.1) is 21.3 Å². The predicted octanol–water partition coefficient (Wildman–Crippen LogP) is 5.10. The van der Waals surface area contributed by atoms with Crippen molar-refractivity contribution in [1.29, 1.82) is 0 Å². The Morgan fingerprint density at radius 1 is 1.17 bits per heavy atom. The molecule has 1 aliphatic heterocycles. The van der Waals surface area contributed by atoms with Crippen LogP contribution in [0.5, 0.6) is 0 Å². The monoisotopic (exact) mass is 464 g/mol. The number of rotatable bonds is 4. The molecule has 0 unspecified atom stereocenters. The molecule has 2 aromatic heterocycles. The summed E-state index contributed by atoms with van der Waals surface area (Å²) in [5.74, 6) is 0.195. The molecule has 0 fully saturated rings. The van der Waals surface area contributed by atoms with Gasteiger partial charge in [0.2, 0.25) is 0 Å². The number of carbonyl (C=O) groups excluding carboxylic acids is 1. The highest BCUT2D eigenvalue weighted by atomic mass is 35.5. The summed E-state index contributed by atoms with van der Waals surface area (Å²) in [7, 11) is 0. The number of hydrogen-bond donors (Lipinski definition) is 1. The normalized spacial score (nSPS) is 13.3. The number of nitrogens with zero attached hydrogens (tertiary/aromatic N) is 3. The molecule has 1 N–H and O–H groups in total. The van der Waals surface area contributed by atoms with Crippen molar-refractivity contribution < 1.29 is 14.4 Å². The molecular weight excluding hydrogens is 451 g/mol. The molecule has 3 aromatic rings. The highest BCUT2D eigenvalue weighted by Crippen LogP contribution is 2.32. The second-order valence-electron chi connectivity index (χ2n) is 6.42. The topological polar surface area (TPSA) is 77.7 Å². The molecule has 7 nitrogen and oxygen atoms in total. The van der Waals surface area contributed by atoms with E-state index in [-0.39, 0.29) is 10.9 Å². The van der Waals surface area contributed by atoms with Gasteiger partial charge in [-0.2, -0.15) is 0 Å². The molecule has 10 heteroatoms. The number of ether oxygens (including phenoxy) is 1. The molecular formula is C20H15Cl3N4O3. The SMILES string of the molecule is Cc1cc(C(=O)Nc2c(Cl)cc(Cl)cc2C2=NOCCO2)n(-c2ncccc2Cl)c1. The quantitative estimate of drug-likeness (QED) is 0.581. The lowest BCUT2D eigenvalue weighted by Gasteiger charge is -2.18. The Morgan fingerprint density at radius 2 is 2.00 bits per heavy atom. The van der Waals surface area contributed by atoms with Gasteiger partial charge in [0.25, 0.3) is 11.8 Å². The molecule has 154 valence electrons. The average molecular weight is 466 g/mol. The lowest BCUT2D eigenvalue weighted by Crippen LogP contribution is -2.22. The summed E-state index contributed by atoms with van der Waals surface area (Å²) in [6.07, 6.45) is 3.38. The van der Waals surface area contributed by atoms with Crippen molar-refractivity contribution in [1.82, 2.24) is 9.55 Å². The molecule has 1 amide bonds. The van der Waals surface area contributed by atoms with E-state index in [4.69, 9.17) is 44.4 Å². The average Bonchev–Trinajstić information content (AvgIpc) is 3.12. The van der Waals surface area contributed by atoms with Crippen LogP contribution in [-0.2, 0) is 9.57 Å². The second-order valence-corrected chi connectivity index (χ2v) is 7.67. The smallest absolute Gasteiger partial charge is 0.272 e. The Labute approximate surface area is 187 Å². The zero-order chi connectivity index (χ0) is 21.3. The highest BCUT2D eigenvalue weighted by Gasteiger charge is 2.23. The van der Waals surface area contributed by atoms with E-state index in [2.05, 4.69) is 15.5 Å². The van der Waals surface area contributed by atoms with E-state index >= 15 is 0 Å². The number of anilines is 1. The van der Waals surface area contributed by atoms with Crippen LogP contribution in [0.15, 0.2) is 47.9 Å². The van der Waals surface area contributed by atoms with Crippen LogP contribution in [-0.4, -0.2) is 34.6 Å². The third-order valence-electron chi connectivity index (χ3n) is 4.24. The minimum atomic E-state index is -0.424. The molecule has 0 atom stereocenters. The van der Waals surface area contributed by atoms with Gasteiger partial charge in [-0.15, -0.1) is 0 Å².